The van der Waals surface area contributed by atoms with Crippen LogP contribution in [0, 0.1) is 5.41 Å². The van der Waals surface area contributed by atoms with E-state index in [-0.39, 0.29) is 30.1 Å². The number of esters is 1. The Kier molecular flexibility index (Phi) is 4.09. The van der Waals surface area contributed by atoms with E-state index in [2.05, 4.69) is 0 Å². The molecule has 5 nitrogen and oxygen atoms in total. The van der Waals surface area contributed by atoms with Gasteiger partial charge < -0.3 is 9.47 Å². The van der Waals surface area contributed by atoms with Crippen molar-refractivity contribution in [1.29, 1.82) is 0 Å². The highest BCUT2D eigenvalue weighted by Gasteiger charge is 2.58. The van der Waals surface area contributed by atoms with Gasteiger partial charge in [0.2, 0.25) is 5.91 Å². The molecule has 2 rings (SSSR count). The summed E-state index contributed by atoms with van der Waals surface area (Å²) < 4.78 is 10.9. The fourth-order valence-electron chi connectivity index (χ4n) is 3.22. The van der Waals surface area contributed by atoms with E-state index in [1.807, 2.05) is 20.8 Å². The Balaban J connectivity index is 2.43. The lowest BCUT2D eigenvalue weighted by Crippen LogP contribution is -2.60. The number of hydrogen-bond acceptors (Lipinski definition) is 4. The maximum Gasteiger partial charge on any atom is 0.334 e. The van der Waals surface area contributed by atoms with Gasteiger partial charge in [0.25, 0.3) is 0 Å². The number of ether oxygens (including phenoxy) is 2. The molecule has 0 N–H and O–H groups in total. The summed E-state index contributed by atoms with van der Waals surface area (Å²) in [6.07, 6.45) is 3.50. The van der Waals surface area contributed by atoms with E-state index in [1.165, 1.54) is 7.11 Å². The Morgan fingerprint density at radius 1 is 1.35 bits per heavy atom. The predicted octanol–water partition coefficient (Wildman–Crippen LogP) is 2.09. The van der Waals surface area contributed by atoms with E-state index in [1.54, 1.807) is 4.90 Å². The molecule has 0 spiro atoms. The molecule has 0 aromatic carbocycles. The number of carbonyl (C=O) groups excluding carboxylic acids is 2. The Morgan fingerprint density at radius 2 is 2.05 bits per heavy atom. The monoisotopic (exact) mass is 283 g/mol. The van der Waals surface area contributed by atoms with Crippen LogP contribution in [0.2, 0.25) is 0 Å². The minimum absolute atomic E-state index is 0.00697. The summed E-state index contributed by atoms with van der Waals surface area (Å²) >= 11 is 0. The Labute approximate surface area is 120 Å². The molecule has 2 saturated heterocycles. The van der Waals surface area contributed by atoms with Gasteiger partial charge in [-0.05, 0) is 12.8 Å². The zero-order chi connectivity index (χ0) is 15.0. The van der Waals surface area contributed by atoms with Crippen LogP contribution < -0.4 is 0 Å². The molecule has 1 amide bonds. The van der Waals surface area contributed by atoms with Gasteiger partial charge in [-0.3, -0.25) is 9.69 Å². The first-order valence-corrected chi connectivity index (χ1v) is 7.35. The molecule has 2 aliphatic rings. The number of methoxy groups -OCH3 is 1. The molecule has 0 aromatic heterocycles. The van der Waals surface area contributed by atoms with Crippen molar-refractivity contribution in [2.24, 2.45) is 5.41 Å². The van der Waals surface area contributed by atoms with Crippen LogP contribution in [0.4, 0.5) is 0 Å². The molecule has 0 aliphatic carbocycles. The van der Waals surface area contributed by atoms with Gasteiger partial charge >= 0.3 is 5.97 Å². The first-order valence-electron chi connectivity index (χ1n) is 7.35. The minimum Gasteiger partial charge on any atom is -0.467 e. The summed E-state index contributed by atoms with van der Waals surface area (Å²) in [5, 5.41) is 0. The molecule has 2 atom stereocenters. The molecule has 114 valence electrons. The van der Waals surface area contributed by atoms with Gasteiger partial charge in [-0.15, -0.1) is 0 Å². The molecule has 2 fully saturated rings. The SMILES string of the molecule is COC(=O)[C@@]12CCCCCC(=O)N1[C@@H](C(C)(C)C)OC2. The second-order valence-corrected chi connectivity index (χ2v) is 6.88. The molecule has 0 bridgehead atoms. The van der Waals surface area contributed by atoms with E-state index in [9.17, 15) is 9.59 Å². The molecule has 0 unspecified atom stereocenters. The van der Waals surface area contributed by atoms with Crippen LogP contribution in [0.15, 0.2) is 0 Å². The summed E-state index contributed by atoms with van der Waals surface area (Å²) in [7, 11) is 1.38. The Hall–Kier alpha value is -1.10. The van der Waals surface area contributed by atoms with Crippen molar-refractivity contribution in [1.82, 2.24) is 4.90 Å². The average molecular weight is 283 g/mol. The lowest BCUT2D eigenvalue weighted by molar-refractivity contribution is -0.165. The zero-order valence-corrected chi connectivity index (χ0v) is 12.9. The standard InChI is InChI=1S/C15H25NO4/c1-14(2,3)12-16-11(17)8-6-5-7-9-15(16,10-20-12)13(18)19-4/h12H,5-10H2,1-4H3/t12-,15+/m1/s1. The van der Waals surface area contributed by atoms with E-state index < -0.39 is 5.54 Å². The third-order valence-corrected chi connectivity index (χ3v) is 4.23. The Morgan fingerprint density at radius 3 is 2.65 bits per heavy atom. The van der Waals surface area contributed by atoms with Crippen molar-refractivity contribution < 1.29 is 19.1 Å². The van der Waals surface area contributed by atoms with Gasteiger partial charge in [0.05, 0.1) is 13.7 Å². The fraction of sp³-hybridized carbons (Fsp3) is 0.867. The number of nitrogens with zero attached hydrogens (tertiary/aromatic N) is 1. The highest BCUT2D eigenvalue weighted by molar-refractivity contribution is 5.89. The second-order valence-electron chi connectivity index (χ2n) is 6.88. The first kappa shape index (κ1) is 15.3. The topological polar surface area (TPSA) is 55.8 Å². The minimum atomic E-state index is -0.926. The second kappa shape index (κ2) is 5.35. The van der Waals surface area contributed by atoms with Crippen molar-refractivity contribution in [3.63, 3.8) is 0 Å². The van der Waals surface area contributed by atoms with E-state index >= 15 is 0 Å². The number of hydrogen-bond donors (Lipinski definition) is 0. The molecule has 20 heavy (non-hydrogen) atoms. The molecule has 2 aliphatic heterocycles. The normalized spacial score (nSPS) is 31.5. The summed E-state index contributed by atoms with van der Waals surface area (Å²) in [4.78, 5) is 26.6. The summed E-state index contributed by atoms with van der Waals surface area (Å²) in [6, 6.07) is 0. The van der Waals surface area contributed by atoms with Crippen LogP contribution in [0.3, 0.4) is 0 Å². The van der Waals surface area contributed by atoms with Gasteiger partial charge in [0.1, 0.15) is 6.23 Å². The van der Waals surface area contributed by atoms with Gasteiger partial charge in [-0.25, -0.2) is 4.79 Å². The number of rotatable bonds is 1. The summed E-state index contributed by atoms with van der Waals surface area (Å²) in [5.41, 5.74) is -1.16. The molecular formula is C15H25NO4. The number of fused-ring (bicyclic) bond motifs is 1. The maximum absolute atomic E-state index is 12.6. The maximum atomic E-state index is 12.6. The third kappa shape index (κ3) is 2.43. The van der Waals surface area contributed by atoms with Gasteiger partial charge in [0, 0.05) is 11.8 Å². The molecule has 2 heterocycles. The number of amides is 1. The van der Waals surface area contributed by atoms with Gasteiger partial charge in [-0.2, -0.15) is 0 Å². The van der Waals surface area contributed by atoms with Crippen LogP contribution in [-0.4, -0.2) is 42.3 Å². The first-order chi connectivity index (χ1) is 9.33. The summed E-state index contributed by atoms with van der Waals surface area (Å²) in [6.45, 7) is 6.32. The van der Waals surface area contributed by atoms with E-state index in [4.69, 9.17) is 9.47 Å². The fourth-order valence-corrected chi connectivity index (χ4v) is 3.22. The van der Waals surface area contributed by atoms with Crippen LogP contribution in [0.25, 0.3) is 0 Å². The average Bonchev–Trinajstić information content (AvgIpc) is 2.75. The van der Waals surface area contributed by atoms with E-state index in [0.717, 1.165) is 19.3 Å². The molecule has 0 saturated carbocycles. The zero-order valence-electron chi connectivity index (χ0n) is 12.9. The quantitative estimate of drug-likeness (QED) is 0.691. The lowest BCUT2D eigenvalue weighted by atomic mass is 9.86. The summed E-state index contributed by atoms with van der Waals surface area (Å²) in [5.74, 6) is -0.341. The van der Waals surface area contributed by atoms with Crippen LogP contribution in [-0.2, 0) is 19.1 Å². The van der Waals surface area contributed by atoms with Crippen LogP contribution >= 0.6 is 0 Å². The number of carbonyl (C=O) groups is 2. The van der Waals surface area contributed by atoms with Crippen LogP contribution in [0.1, 0.15) is 52.9 Å². The van der Waals surface area contributed by atoms with Crippen LogP contribution in [0.5, 0.6) is 0 Å². The smallest absolute Gasteiger partial charge is 0.334 e. The molecule has 0 aromatic rings. The van der Waals surface area contributed by atoms with Gasteiger partial charge in [-0.1, -0.05) is 33.6 Å². The van der Waals surface area contributed by atoms with E-state index in [0.29, 0.717) is 12.8 Å². The largest absolute Gasteiger partial charge is 0.467 e. The molecule has 0 radical (unpaired) electrons. The Bertz CT molecular complexity index is 401. The van der Waals surface area contributed by atoms with Crippen molar-refractivity contribution in [3.05, 3.63) is 0 Å². The van der Waals surface area contributed by atoms with Gasteiger partial charge in [0.15, 0.2) is 5.54 Å². The molecule has 5 heteroatoms. The van der Waals surface area contributed by atoms with Crippen molar-refractivity contribution in [2.45, 2.75) is 64.6 Å². The highest BCUT2D eigenvalue weighted by Crippen LogP contribution is 2.42. The third-order valence-electron chi connectivity index (χ3n) is 4.23. The highest BCUT2D eigenvalue weighted by atomic mass is 16.6. The van der Waals surface area contributed by atoms with Crippen molar-refractivity contribution >= 4 is 11.9 Å². The predicted molar refractivity (Wildman–Crippen MR) is 73.9 cm³/mol. The molecular weight excluding hydrogens is 258 g/mol. The van der Waals surface area contributed by atoms with Crippen molar-refractivity contribution in [2.75, 3.05) is 13.7 Å². The lowest BCUT2D eigenvalue weighted by Gasteiger charge is -2.41. The van der Waals surface area contributed by atoms with Crippen molar-refractivity contribution in [3.8, 4) is 0 Å².